The van der Waals surface area contributed by atoms with Gasteiger partial charge in [0.15, 0.2) is 0 Å². The Hall–Kier alpha value is -3.67. The van der Waals surface area contributed by atoms with Crippen LogP contribution in [0.15, 0.2) is 93.5 Å². The third-order valence-electron chi connectivity index (χ3n) is 5.31. The second kappa shape index (κ2) is 13.2. The first-order chi connectivity index (χ1) is 18.2. The van der Waals surface area contributed by atoms with E-state index in [1.54, 1.807) is 31.3 Å². The average molecular weight is 600 g/mol. The molecule has 38 heavy (non-hydrogen) atoms. The van der Waals surface area contributed by atoms with Gasteiger partial charge >= 0.3 is 5.97 Å². The molecule has 0 radical (unpaired) electrons. The van der Waals surface area contributed by atoms with Gasteiger partial charge in [0.2, 0.25) is 0 Å². The highest BCUT2D eigenvalue weighted by Gasteiger charge is 2.21. The number of aryl methyl sites for hydroxylation is 1. The highest BCUT2D eigenvalue weighted by molar-refractivity contribution is 9.10. The minimum Gasteiger partial charge on any atom is -0.469 e. The van der Waals surface area contributed by atoms with E-state index in [4.69, 9.17) is 9.55 Å². The number of imidazole rings is 1. The number of halogens is 1. The molecule has 1 aliphatic heterocycles. The van der Waals surface area contributed by atoms with Gasteiger partial charge in [0.1, 0.15) is 5.82 Å². The van der Waals surface area contributed by atoms with Crippen LogP contribution in [0.2, 0.25) is 0 Å². The normalized spacial score (nSPS) is 11.8. The Labute approximate surface area is 230 Å². The molecule has 1 N–H and O–H groups in total. The summed E-state index contributed by atoms with van der Waals surface area (Å²) >= 11 is 3.56. The van der Waals surface area contributed by atoms with E-state index in [9.17, 15) is 13.2 Å². The quantitative estimate of drug-likeness (QED) is 0.254. The Bertz CT molecular complexity index is 1520. The molecule has 9 nitrogen and oxygen atoms in total. The number of nitrogens with zero attached hydrogens (tertiary/aromatic N) is 4. The Morgan fingerprint density at radius 2 is 1.79 bits per heavy atom. The Kier molecular flexibility index (Phi) is 10.1. The van der Waals surface area contributed by atoms with Crippen molar-refractivity contribution in [2.45, 2.75) is 31.7 Å². The molecule has 0 spiro atoms. The predicted octanol–water partition coefficient (Wildman–Crippen LogP) is 5.19. The molecule has 0 fully saturated rings. The summed E-state index contributed by atoms with van der Waals surface area (Å²) in [6, 6.07) is 19.5. The van der Waals surface area contributed by atoms with Crippen molar-refractivity contribution in [3.05, 3.63) is 106 Å². The molecule has 5 rings (SSSR count). The predicted molar refractivity (Wildman–Crippen MR) is 148 cm³/mol. The molecule has 0 unspecified atom stereocenters. The van der Waals surface area contributed by atoms with Gasteiger partial charge < -0.3 is 4.74 Å². The summed E-state index contributed by atoms with van der Waals surface area (Å²) in [7, 11) is -2.62. The lowest BCUT2D eigenvalue weighted by Gasteiger charge is -2.13. The van der Waals surface area contributed by atoms with Crippen LogP contribution in [0, 0.1) is 6.92 Å². The molecule has 0 amide bonds. The number of hydrogen-bond donors (Lipinski definition) is 1. The average Bonchev–Trinajstić information content (AvgIpc) is 3.21. The fourth-order valence-electron chi connectivity index (χ4n) is 3.51. The van der Waals surface area contributed by atoms with Crippen LogP contribution in [-0.2, 0) is 26.2 Å². The van der Waals surface area contributed by atoms with Crippen molar-refractivity contribution >= 4 is 37.7 Å². The van der Waals surface area contributed by atoms with Crippen LogP contribution < -0.4 is 0 Å². The van der Waals surface area contributed by atoms with Crippen molar-refractivity contribution in [1.82, 2.24) is 14.5 Å². The van der Waals surface area contributed by atoms with E-state index in [0.29, 0.717) is 13.0 Å². The number of aromatic nitrogens is 3. The Morgan fingerprint density at radius 3 is 2.34 bits per heavy atom. The number of hydrogen-bond acceptors (Lipinski definition) is 7. The number of carbonyl (C=O) groups is 1. The van der Waals surface area contributed by atoms with Gasteiger partial charge in [-0.25, -0.2) is 4.98 Å². The lowest BCUT2D eigenvalue weighted by Crippen LogP contribution is -2.09. The van der Waals surface area contributed by atoms with Crippen molar-refractivity contribution < 1.29 is 22.5 Å². The zero-order valence-electron chi connectivity index (χ0n) is 21.1. The van der Waals surface area contributed by atoms with Crippen molar-refractivity contribution in [3.8, 4) is 5.69 Å². The number of methoxy groups -OCH3 is 1. The van der Waals surface area contributed by atoms with Crippen molar-refractivity contribution in [1.29, 1.82) is 0 Å². The van der Waals surface area contributed by atoms with Crippen LogP contribution in [-0.4, -0.2) is 46.3 Å². The number of rotatable bonds is 3. The summed E-state index contributed by atoms with van der Waals surface area (Å²) in [5, 5.41) is 0. The minimum atomic E-state index is -4.00. The number of pyridine rings is 1. The van der Waals surface area contributed by atoms with E-state index >= 15 is 0 Å². The van der Waals surface area contributed by atoms with E-state index in [1.807, 2.05) is 30.5 Å². The first-order valence-electron chi connectivity index (χ1n) is 11.5. The second-order valence-electron chi connectivity index (χ2n) is 7.91. The number of ether oxygens (including phenoxy) is 1. The number of benzene rings is 2. The number of fused-ring (bicyclic) bond motifs is 3. The van der Waals surface area contributed by atoms with E-state index in [1.165, 1.54) is 19.2 Å². The summed E-state index contributed by atoms with van der Waals surface area (Å²) in [5.74, 6) is 0.794. The SMILES string of the molecule is CCC(=O)OC.Cc1cnc2n1-c1ccc(Br)cc1C(c1ccccn1)=NC2.O=S(=O)(O)c1ccccc1. The maximum atomic E-state index is 10.4. The minimum absolute atomic E-state index is 0.0741. The standard InChI is InChI=1S/C17H13BrN4.C6H6O3S.C4H8O2/c1-11-9-20-16-10-21-17(14-4-2-3-7-19-14)13-8-12(18)5-6-15(13)22(11)16;7-10(8,9)6-4-2-1-3-5-6;1-3-4(5)6-2/h2-9H,10H2,1H3;1-5H,(H,7,8,9);3H2,1-2H3. The largest absolute Gasteiger partial charge is 0.469 e. The van der Waals surface area contributed by atoms with Crippen LogP contribution in [0.5, 0.6) is 0 Å². The number of aliphatic imine (C=N–C) groups is 1. The van der Waals surface area contributed by atoms with Crippen LogP contribution in [0.25, 0.3) is 5.69 Å². The number of carbonyl (C=O) groups excluding carboxylic acids is 1. The highest BCUT2D eigenvalue weighted by Crippen LogP contribution is 2.28. The maximum absolute atomic E-state index is 10.4. The first-order valence-corrected chi connectivity index (χ1v) is 13.8. The van der Waals surface area contributed by atoms with E-state index < -0.39 is 10.1 Å². The molecule has 0 saturated carbocycles. The molecule has 1 aliphatic rings. The lowest BCUT2D eigenvalue weighted by atomic mass is 10.0. The molecule has 4 aromatic rings. The van der Waals surface area contributed by atoms with Gasteiger partial charge in [-0.2, -0.15) is 8.42 Å². The summed E-state index contributed by atoms with van der Waals surface area (Å²) in [4.78, 5) is 23.6. The fraction of sp³-hybridized carbons (Fsp3) is 0.185. The van der Waals surface area contributed by atoms with Gasteiger partial charge in [-0.15, -0.1) is 0 Å². The lowest BCUT2D eigenvalue weighted by molar-refractivity contribution is -0.140. The van der Waals surface area contributed by atoms with Crippen LogP contribution >= 0.6 is 15.9 Å². The molecule has 2 aromatic heterocycles. The van der Waals surface area contributed by atoms with Crippen LogP contribution in [0.3, 0.4) is 0 Å². The van der Waals surface area contributed by atoms with Crippen molar-refractivity contribution in [2.75, 3.05) is 7.11 Å². The maximum Gasteiger partial charge on any atom is 0.305 e. The topological polar surface area (TPSA) is 124 Å². The van der Waals surface area contributed by atoms with E-state index in [-0.39, 0.29) is 10.9 Å². The molecule has 2 aromatic carbocycles. The van der Waals surface area contributed by atoms with E-state index in [0.717, 1.165) is 38.6 Å². The van der Waals surface area contributed by atoms with Gasteiger partial charge in [0, 0.05) is 34.5 Å². The summed E-state index contributed by atoms with van der Waals surface area (Å²) in [6.07, 6.45) is 4.16. The highest BCUT2D eigenvalue weighted by atomic mass is 79.9. The summed E-state index contributed by atoms with van der Waals surface area (Å²) in [6.45, 7) is 4.37. The van der Waals surface area contributed by atoms with Gasteiger partial charge in [-0.05, 0) is 49.4 Å². The van der Waals surface area contributed by atoms with Gasteiger partial charge in [0.25, 0.3) is 10.1 Å². The van der Waals surface area contributed by atoms with Crippen LogP contribution in [0.4, 0.5) is 0 Å². The third-order valence-corrected chi connectivity index (χ3v) is 6.67. The third kappa shape index (κ3) is 7.44. The second-order valence-corrected chi connectivity index (χ2v) is 10.2. The monoisotopic (exact) mass is 598 g/mol. The van der Waals surface area contributed by atoms with Crippen LogP contribution in [0.1, 0.15) is 36.1 Å². The van der Waals surface area contributed by atoms with Gasteiger partial charge in [-0.3, -0.25) is 23.9 Å². The molecule has 11 heteroatoms. The van der Waals surface area contributed by atoms with Crippen molar-refractivity contribution in [2.24, 2.45) is 4.99 Å². The van der Waals surface area contributed by atoms with E-state index in [2.05, 4.69) is 54.3 Å². The fourth-order valence-corrected chi connectivity index (χ4v) is 4.38. The molecular formula is C27H27BrN4O5S. The van der Waals surface area contributed by atoms with Gasteiger partial charge in [-0.1, -0.05) is 47.1 Å². The summed E-state index contributed by atoms with van der Waals surface area (Å²) in [5.41, 5.74) is 5.05. The number of esters is 1. The molecule has 0 aliphatic carbocycles. The van der Waals surface area contributed by atoms with Crippen molar-refractivity contribution in [3.63, 3.8) is 0 Å². The molecule has 0 bridgehead atoms. The molecule has 198 valence electrons. The summed E-state index contributed by atoms with van der Waals surface area (Å²) < 4.78 is 36.7. The molecule has 3 heterocycles. The zero-order valence-corrected chi connectivity index (χ0v) is 23.5. The molecule has 0 saturated heterocycles. The first kappa shape index (κ1) is 28.9. The Balaban J connectivity index is 0.000000208. The smallest absolute Gasteiger partial charge is 0.305 e. The molecule has 0 atom stereocenters. The zero-order chi connectivity index (χ0) is 27.7. The Morgan fingerprint density at radius 1 is 1.08 bits per heavy atom. The van der Waals surface area contributed by atoms with Gasteiger partial charge in [0.05, 0.1) is 35.6 Å². The molecular weight excluding hydrogens is 572 g/mol.